The number of imidazole rings is 1. The van der Waals surface area contributed by atoms with Gasteiger partial charge in [0.1, 0.15) is 23.9 Å². The molecule has 4 aromatic rings. The SMILES string of the molecule is CC(Nc1ccc(C(=O)Nc2ccc(OCc3nccn3C)cc2)cc1[N+](=O)[O-])c1ccccn1. The fourth-order valence-electron chi connectivity index (χ4n) is 3.41. The van der Waals surface area contributed by atoms with Crippen molar-refractivity contribution in [3.05, 3.63) is 106 Å². The zero-order chi connectivity index (χ0) is 24.8. The lowest BCUT2D eigenvalue weighted by molar-refractivity contribution is -0.384. The molecule has 1 atom stereocenters. The first-order chi connectivity index (χ1) is 16.9. The van der Waals surface area contributed by atoms with Crippen molar-refractivity contribution in [3.8, 4) is 5.75 Å². The monoisotopic (exact) mass is 472 g/mol. The smallest absolute Gasteiger partial charge is 0.293 e. The van der Waals surface area contributed by atoms with E-state index >= 15 is 0 Å². The molecule has 0 aliphatic rings. The van der Waals surface area contributed by atoms with Gasteiger partial charge < -0.3 is 19.9 Å². The van der Waals surface area contributed by atoms with Crippen molar-refractivity contribution in [1.82, 2.24) is 14.5 Å². The molecule has 2 aromatic carbocycles. The number of carbonyl (C=O) groups is 1. The van der Waals surface area contributed by atoms with Gasteiger partial charge in [0.15, 0.2) is 0 Å². The van der Waals surface area contributed by atoms with Crippen LogP contribution in [0.15, 0.2) is 79.3 Å². The molecule has 2 N–H and O–H groups in total. The van der Waals surface area contributed by atoms with E-state index in [1.54, 1.807) is 48.8 Å². The maximum absolute atomic E-state index is 12.7. The Morgan fingerprint density at radius 1 is 1.11 bits per heavy atom. The third-order valence-corrected chi connectivity index (χ3v) is 5.36. The van der Waals surface area contributed by atoms with Crippen molar-refractivity contribution in [3.63, 3.8) is 0 Å². The van der Waals surface area contributed by atoms with Gasteiger partial charge in [0.25, 0.3) is 11.6 Å². The fourth-order valence-corrected chi connectivity index (χ4v) is 3.41. The Hall–Kier alpha value is -4.73. The van der Waals surface area contributed by atoms with E-state index in [0.717, 1.165) is 11.5 Å². The maximum Gasteiger partial charge on any atom is 0.293 e. The number of ether oxygens (including phenoxy) is 1. The summed E-state index contributed by atoms with van der Waals surface area (Å²) in [5, 5.41) is 17.5. The number of amides is 1. The van der Waals surface area contributed by atoms with Gasteiger partial charge in [-0.1, -0.05) is 6.07 Å². The van der Waals surface area contributed by atoms with Crippen molar-refractivity contribution < 1.29 is 14.5 Å². The number of aromatic nitrogens is 3. The number of anilines is 2. The van der Waals surface area contributed by atoms with Crippen LogP contribution in [0.1, 0.15) is 34.8 Å². The molecule has 2 heterocycles. The lowest BCUT2D eigenvalue weighted by Crippen LogP contribution is -2.14. The van der Waals surface area contributed by atoms with Crippen LogP contribution in [0.4, 0.5) is 17.1 Å². The number of benzene rings is 2. The van der Waals surface area contributed by atoms with Crippen molar-refractivity contribution in [1.29, 1.82) is 0 Å². The molecule has 0 aliphatic heterocycles. The Kier molecular flexibility index (Phi) is 7.01. The summed E-state index contributed by atoms with van der Waals surface area (Å²) in [4.78, 5) is 32.4. The molecule has 10 heteroatoms. The Morgan fingerprint density at radius 2 is 1.91 bits per heavy atom. The van der Waals surface area contributed by atoms with Gasteiger partial charge in [-0.15, -0.1) is 0 Å². The van der Waals surface area contributed by atoms with Crippen molar-refractivity contribution in [2.24, 2.45) is 7.05 Å². The lowest BCUT2D eigenvalue weighted by Gasteiger charge is -2.15. The molecule has 4 rings (SSSR count). The molecule has 0 fully saturated rings. The number of nitro groups is 1. The zero-order valence-electron chi connectivity index (χ0n) is 19.2. The fraction of sp³-hybridized carbons (Fsp3) is 0.160. The predicted molar refractivity (Wildman–Crippen MR) is 131 cm³/mol. The highest BCUT2D eigenvalue weighted by molar-refractivity contribution is 6.05. The first-order valence-corrected chi connectivity index (χ1v) is 10.9. The Morgan fingerprint density at radius 3 is 2.57 bits per heavy atom. The number of rotatable bonds is 9. The highest BCUT2D eigenvalue weighted by atomic mass is 16.6. The van der Waals surface area contributed by atoms with Crippen LogP contribution in [0.25, 0.3) is 0 Å². The summed E-state index contributed by atoms with van der Waals surface area (Å²) in [6.45, 7) is 2.18. The molecule has 0 aliphatic carbocycles. The Labute approximate surface area is 201 Å². The molecule has 0 saturated heterocycles. The van der Waals surface area contributed by atoms with Crippen LogP contribution < -0.4 is 15.4 Å². The quantitative estimate of drug-likeness (QED) is 0.267. The van der Waals surface area contributed by atoms with E-state index in [4.69, 9.17) is 4.74 Å². The third-order valence-electron chi connectivity index (χ3n) is 5.36. The molecule has 178 valence electrons. The summed E-state index contributed by atoms with van der Waals surface area (Å²) >= 11 is 0. The number of pyridine rings is 1. The maximum atomic E-state index is 12.7. The largest absolute Gasteiger partial charge is 0.486 e. The molecule has 0 spiro atoms. The van der Waals surface area contributed by atoms with Crippen molar-refractivity contribution >= 4 is 23.0 Å². The van der Waals surface area contributed by atoms with E-state index in [0.29, 0.717) is 23.7 Å². The highest BCUT2D eigenvalue weighted by Gasteiger charge is 2.20. The number of nitro benzene ring substituents is 1. The van der Waals surface area contributed by atoms with Gasteiger partial charge in [-0.3, -0.25) is 19.9 Å². The number of carbonyl (C=O) groups excluding carboxylic acids is 1. The minimum absolute atomic E-state index is 0.169. The first-order valence-electron chi connectivity index (χ1n) is 10.9. The molecule has 35 heavy (non-hydrogen) atoms. The second kappa shape index (κ2) is 10.5. The number of aryl methyl sites for hydroxylation is 1. The van der Waals surface area contributed by atoms with Gasteiger partial charge >= 0.3 is 0 Å². The summed E-state index contributed by atoms with van der Waals surface area (Å²) in [6.07, 6.45) is 5.20. The number of nitrogens with zero attached hydrogens (tertiary/aromatic N) is 4. The predicted octanol–water partition coefficient (Wildman–Crippen LogP) is 4.73. The van der Waals surface area contributed by atoms with Crippen LogP contribution in [0, 0.1) is 10.1 Å². The normalized spacial score (nSPS) is 11.5. The topological polar surface area (TPSA) is 124 Å². The van der Waals surface area contributed by atoms with Gasteiger partial charge in [0.2, 0.25) is 0 Å². The molecular weight excluding hydrogens is 448 g/mol. The van der Waals surface area contributed by atoms with E-state index in [1.165, 1.54) is 12.1 Å². The molecule has 2 aromatic heterocycles. The van der Waals surface area contributed by atoms with E-state index < -0.39 is 10.8 Å². The number of hydrogen-bond donors (Lipinski definition) is 2. The number of nitrogens with one attached hydrogen (secondary N) is 2. The van der Waals surface area contributed by atoms with E-state index in [-0.39, 0.29) is 17.3 Å². The van der Waals surface area contributed by atoms with Gasteiger partial charge in [-0.05, 0) is 55.5 Å². The average Bonchev–Trinajstić information content (AvgIpc) is 3.28. The summed E-state index contributed by atoms with van der Waals surface area (Å²) in [6, 6.07) is 16.4. The Balaban J connectivity index is 1.42. The van der Waals surface area contributed by atoms with Crippen LogP contribution in [0.5, 0.6) is 5.75 Å². The van der Waals surface area contributed by atoms with Gasteiger partial charge in [0, 0.05) is 43.0 Å². The standard InChI is InChI=1S/C25H24N6O4/c1-17(21-5-3-4-12-26-21)28-22-11-6-18(15-23(22)31(33)34)25(32)29-19-7-9-20(10-8-19)35-16-24-27-13-14-30(24)2/h3-15,17,28H,16H2,1-2H3,(H,29,32). The highest BCUT2D eigenvalue weighted by Crippen LogP contribution is 2.29. The molecule has 0 radical (unpaired) electrons. The summed E-state index contributed by atoms with van der Waals surface area (Å²) in [5.74, 6) is 0.953. The summed E-state index contributed by atoms with van der Waals surface area (Å²) < 4.78 is 7.58. The van der Waals surface area contributed by atoms with E-state index in [2.05, 4.69) is 20.6 Å². The van der Waals surface area contributed by atoms with Crippen LogP contribution in [0.2, 0.25) is 0 Å². The van der Waals surface area contributed by atoms with Gasteiger partial charge in [0.05, 0.1) is 16.7 Å². The second-order valence-electron chi connectivity index (χ2n) is 7.83. The molecular formula is C25H24N6O4. The molecule has 1 unspecified atom stereocenters. The number of hydrogen-bond acceptors (Lipinski definition) is 7. The van der Waals surface area contributed by atoms with Crippen molar-refractivity contribution in [2.45, 2.75) is 19.6 Å². The minimum Gasteiger partial charge on any atom is -0.486 e. The molecule has 0 bridgehead atoms. The minimum atomic E-state index is -0.516. The summed E-state index contributed by atoms with van der Waals surface area (Å²) in [5.41, 5.74) is 1.56. The van der Waals surface area contributed by atoms with E-state index in [9.17, 15) is 14.9 Å². The van der Waals surface area contributed by atoms with Crippen LogP contribution in [-0.4, -0.2) is 25.4 Å². The molecule has 1 amide bonds. The average molecular weight is 473 g/mol. The Bertz CT molecular complexity index is 1320. The molecule has 10 nitrogen and oxygen atoms in total. The molecule has 0 saturated carbocycles. The zero-order valence-corrected chi connectivity index (χ0v) is 19.2. The van der Waals surface area contributed by atoms with Gasteiger partial charge in [-0.2, -0.15) is 0 Å². The third kappa shape index (κ3) is 5.80. The first kappa shape index (κ1) is 23.4. The van der Waals surface area contributed by atoms with Gasteiger partial charge in [-0.25, -0.2) is 4.98 Å². The summed E-state index contributed by atoms with van der Waals surface area (Å²) in [7, 11) is 1.89. The lowest BCUT2D eigenvalue weighted by atomic mass is 10.1. The second-order valence-corrected chi connectivity index (χ2v) is 7.83. The van der Waals surface area contributed by atoms with E-state index in [1.807, 2.05) is 36.9 Å². The van der Waals surface area contributed by atoms with Crippen LogP contribution in [-0.2, 0) is 13.7 Å². The van der Waals surface area contributed by atoms with Crippen LogP contribution in [0.3, 0.4) is 0 Å². The van der Waals surface area contributed by atoms with Crippen LogP contribution >= 0.6 is 0 Å². The van der Waals surface area contributed by atoms with Crippen molar-refractivity contribution in [2.75, 3.05) is 10.6 Å².